The van der Waals surface area contributed by atoms with E-state index >= 15 is 0 Å². The van der Waals surface area contributed by atoms with Crippen molar-refractivity contribution < 1.29 is 9.90 Å². The normalized spacial score (nSPS) is 11.2. The van der Waals surface area contributed by atoms with E-state index in [4.69, 9.17) is 5.11 Å². The molecule has 0 aliphatic rings. The number of aliphatic hydroxyl groups excluding tert-OH is 1. The van der Waals surface area contributed by atoms with Crippen LogP contribution in [-0.4, -0.2) is 21.6 Å². The summed E-state index contributed by atoms with van der Waals surface area (Å²) in [7, 11) is 0. The number of hydrogen-bond acceptors (Lipinski definition) is 2. The summed E-state index contributed by atoms with van der Waals surface area (Å²) in [6.07, 6.45) is 2.44. The molecule has 0 radical (unpaired) electrons. The average Bonchev–Trinajstić information content (AvgIpc) is 2.77. The van der Waals surface area contributed by atoms with Crippen LogP contribution in [0, 0.1) is 0 Å². The number of carbonyl (C=O) groups is 1. The number of aryl methyl sites for hydroxylation is 1. The van der Waals surface area contributed by atoms with Crippen molar-refractivity contribution in [1.82, 2.24) is 9.88 Å². The maximum Gasteiger partial charge on any atom is 0.221 e. The molecule has 4 nitrogen and oxygen atoms in total. The van der Waals surface area contributed by atoms with Gasteiger partial charge in [-0.3, -0.25) is 4.79 Å². The second-order valence-electron chi connectivity index (χ2n) is 5.03. The first-order valence-electron chi connectivity index (χ1n) is 6.58. The topological polar surface area (TPSA) is 54.3 Å². The van der Waals surface area contributed by atoms with Crippen molar-refractivity contribution in [2.75, 3.05) is 0 Å². The Morgan fingerprint density at radius 3 is 2.84 bits per heavy atom. The zero-order valence-electron chi connectivity index (χ0n) is 11.4. The van der Waals surface area contributed by atoms with Gasteiger partial charge in [-0.25, -0.2) is 0 Å². The molecule has 19 heavy (non-hydrogen) atoms. The summed E-state index contributed by atoms with van der Waals surface area (Å²) in [5.41, 5.74) is 1.95. The monoisotopic (exact) mass is 260 g/mol. The molecule has 102 valence electrons. The molecule has 2 aromatic rings. The van der Waals surface area contributed by atoms with Crippen molar-refractivity contribution in [3.8, 4) is 0 Å². The Morgan fingerprint density at radius 1 is 1.37 bits per heavy atom. The number of benzene rings is 1. The van der Waals surface area contributed by atoms with Gasteiger partial charge < -0.3 is 15.0 Å². The minimum absolute atomic E-state index is 0.0367. The van der Waals surface area contributed by atoms with Crippen LogP contribution in [-0.2, 0) is 17.9 Å². The molecular formula is C15H20N2O2. The molecule has 4 heteroatoms. The molecule has 2 N–H and O–H groups in total. The Hall–Kier alpha value is -1.81. The van der Waals surface area contributed by atoms with Crippen molar-refractivity contribution in [3.05, 3.63) is 36.0 Å². The van der Waals surface area contributed by atoms with Gasteiger partial charge in [-0.15, -0.1) is 0 Å². The second kappa shape index (κ2) is 5.89. The number of aromatic nitrogens is 1. The number of nitrogens with zero attached hydrogens (tertiary/aromatic N) is 1. The largest absolute Gasteiger partial charge is 0.392 e. The predicted octanol–water partition coefficient (Wildman–Crippen LogP) is 2.05. The molecule has 0 saturated heterocycles. The zero-order chi connectivity index (χ0) is 13.8. The van der Waals surface area contributed by atoms with Gasteiger partial charge >= 0.3 is 0 Å². The lowest BCUT2D eigenvalue weighted by atomic mass is 10.2. The number of hydrogen-bond donors (Lipinski definition) is 2. The maximum absolute atomic E-state index is 11.6. The molecule has 0 aliphatic heterocycles. The lowest BCUT2D eigenvalue weighted by Gasteiger charge is -2.09. The third-order valence-electron chi connectivity index (χ3n) is 3.05. The Kier molecular flexibility index (Phi) is 4.22. The van der Waals surface area contributed by atoms with Gasteiger partial charge in [0.2, 0.25) is 5.91 Å². The van der Waals surface area contributed by atoms with Crippen LogP contribution in [0.3, 0.4) is 0 Å². The fourth-order valence-corrected chi connectivity index (χ4v) is 2.14. The predicted molar refractivity (Wildman–Crippen MR) is 75.8 cm³/mol. The van der Waals surface area contributed by atoms with Crippen molar-refractivity contribution >= 4 is 16.8 Å². The molecule has 1 heterocycles. The fraction of sp³-hybridized carbons (Fsp3) is 0.400. The van der Waals surface area contributed by atoms with E-state index in [0.29, 0.717) is 13.0 Å². The van der Waals surface area contributed by atoms with E-state index in [9.17, 15) is 4.79 Å². The van der Waals surface area contributed by atoms with Crippen molar-refractivity contribution in [2.24, 2.45) is 0 Å². The summed E-state index contributed by atoms with van der Waals surface area (Å²) < 4.78 is 2.05. The van der Waals surface area contributed by atoms with E-state index < -0.39 is 0 Å². The van der Waals surface area contributed by atoms with Gasteiger partial charge in [0.1, 0.15) is 0 Å². The standard InChI is InChI=1S/C15H20N2O2/c1-11(2)16-15(19)6-8-17-7-5-13-4-3-12(10-18)9-14(13)17/h3-5,7,9,11,18H,6,8,10H2,1-2H3,(H,16,19). The third kappa shape index (κ3) is 3.35. The first-order chi connectivity index (χ1) is 9.10. The molecule has 0 saturated carbocycles. The van der Waals surface area contributed by atoms with Crippen LogP contribution >= 0.6 is 0 Å². The summed E-state index contributed by atoms with van der Waals surface area (Å²) in [6.45, 7) is 4.60. The quantitative estimate of drug-likeness (QED) is 0.864. The smallest absolute Gasteiger partial charge is 0.221 e. The van der Waals surface area contributed by atoms with Crippen LogP contribution in [0.4, 0.5) is 0 Å². The number of aliphatic hydroxyl groups is 1. The van der Waals surface area contributed by atoms with Gasteiger partial charge in [0.05, 0.1) is 6.61 Å². The van der Waals surface area contributed by atoms with E-state index in [2.05, 4.69) is 9.88 Å². The van der Waals surface area contributed by atoms with Gasteiger partial charge in [-0.05, 0) is 36.9 Å². The highest BCUT2D eigenvalue weighted by molar-refractivity contribution is 5.81. The van der Waals surface area contributed by atoms with Crippen LogP contribution in [0.2, 0.25) is 0 Å². The Bertz CT molecular complexity index is 573. The summed E-state index contributed by atoms with van der Waals surface area (Å²) >= 11 is 0. The molecule has 0 aliphatic carbocycles. The number of nitrogens with one attached hydrogen (secondary N) is 1. The van der Waals surface area contributed by atoms with E-state index in [0.717, 1.165) is 16.5 Å². The number of fused-ring (bicyclic) bond motifs is 1. The van der Waals surface area contributed by atoms with E-state index in [1.165, 1.54) is 0 Å². The Labute approximate surface area is 113 Å². The van der Waals surface area contributed by atoms with Gasteiger partial charge in [-0.2, -0.15) is 0 Å². The average molecular weight is 260 g/mol. The second-order valence-corrected chi connectivity index (χ2v) is 5.03. The number of amides is 1. The Morgan fingerprint density at radius 2 is 2.16 bits per heavy atom. The van der Waals surface area contributed by atoms with Crippen LogP contribution in [0.5, 0.6) is 0 Å². The number of rotatable bonds is 5. The van der Waals surface area contributed by atoms with Crippen LogP contribution in [0.1, 0.15) is 25.8 Å². The minimum atomic E-state index is 0.0367. The maximum atomic E-state index is 11.6. The molecule has 0 fully saturated rings. The molecule has 0 unspecified atom stereocenters. The molecule has 1 amide bonds. The first kappa shape index (κ1) is 13.6. The molecule has 0 bridgehead atoms. The van der Waals surface area contributed by atoms with Crippen molar-refractivity contribution in [3.63, 3.8) is 0 Å². The van der Waals surface area contributed by atoms with Crippen LogP contribution in [0.15, 0.2) is 30.5 Å². The Balaban J connectivity index is 2.10. The molecule has 0 spiro atoms. The first-order valence-corrected chi connectivity index (χ1v) is 6.58. The lowest BCUT2D eigenvalue weighted by Crippen LogP contribution is -2.30. The molecule has 1 aromatic carbocycles. The number of carbonyl (C=O) groups excluding carboxylic acids is 1. The summed E-state index contributed by atoms with van der Waals surface area (Å²) in [4.78, 5) is 11.6. The van der Waals surface area contributed by atoms with Crippen molar-refractivity contribution in [2.45, 2.75) is 39.5 Å². The van der Waals surface area contributed by atoms with Crippen molar-refractivity contribution in [1.29, 1.82) is 0 Å². The molecule has 0 atom stereocenters. The highest BCUT2D eigenvalue weighted by Crippen LogP contribution is 2.18. The van der Waals surface area contributed by atoms with E-state index in [1.807, 2.05) is 44.3 Å². The molecule has 2 rings (SSSR count). The van der Waals surface area contributed by atoms with E-state index in [-0.39, 0.29) is 18.6 Å². The lowest BCUT2D eigenvalue weighted by molar-refractivity contribution is -0.121. The SMILES string of the molecule is CC(C)NC(=O)CCn1ccc2ccc(CO)cc21. The van der Waals surface area contributed by atoms with Crippen LogP contribution in [0.25, 0.3) is 10.9 Å². The highest BCUT2D eigenvalue weighted by atomic mass is 16.3. The van der Waals surface area contributed by atoms with Gasteiger partial charge in [0.15, 0.2) is 0 Å². The highest BCUT2D eigenvalue weighted by Gasteiger charge is 2.06. The van der Waals surface area contributed by atoms with Gasteiger partial charge in [0.25, 0.3) is 0 Å². The summed E-state index contributed by atoms with van der Waals surface area (Å²) in [5.74, 6) is 0.0650. The van der Waals surface area contributed by atoms with Gasteiger partial charge in [0, 0.05) is 30.7 Å². The minimum Gasteiger partial charge on any atom is -0.392 e. The molecule has 1 aromatic heterocycles. The van der Waals surface area contributed by atoms with Gasteiger partial charge in [-0.1, -0.05) is 12.1 Å². The molecular weight excluding hydrogens is 240 g/mol. The summed E-state index contributed by atoms with van der Waals surface area (Å²) in [6, 6.07) is 8.07. The van der Waals surface area contributed by atoms with E-state index in [1.54, 1.807) is 0 Å². The third-order valence-corrected chi connectivity index (χ3v) is 3.05. The zero-order valence-corrected chi connectivity index (χ0v) is 11.4. The fourth-order valence-electron chi connectivity index (χ4n) is 2.14. The summed E-state index contributed by atoms with van der Waals surface area (Å²) in [5, 5.41) is 13.2. The van der Waals surface area contributed by atoms with Crippen LogP contribution < -0.4 is 5.32 Å².